The van der Waals surface area contributed by atoms with Gasteiger partial charge in [0.25, 0.3) is 21.5 Å². The first-order valence-corrected chi connectivity index (χ1v) is 14.4. The van der Waals surface area contributed by atoms with E-state index in [0.717, 1.165) is 0 Å². The standard InChI is InChI=1S/C29H28N4O8S/c1-18-26(28(35)33(32(18)3)22-7-5-4-6-8-22)30-27(34)19(2)41-29(36)20-9-11-21(12-10-20)31-42(37,38)23-13-14-24-25(17-23)40-16-15-39-24/h4-14,17,19,31H,15-16H2,1-3H3,(H,30,34)/t19-/m1/s1. The van der Waals surface area contributed by atoms with E-state index in [1.54, 1.807) is 42.9 Å². The summed E-state index contributed by atoms with van der Waals surface area (Å²) >= 11 is 0. The summed E-state index contributed by atoms with van der Waals surface area (Å²) in [6, 6.07) is 18.8. The largest absolute Gasteiger partial charge is 0.486 e. The Morgan fingerprint density at radius 1 is 0.952 bits per heavy atom. The summed E-state index contributed by atoms with van der Waals surface area (Å²) in [6.45, 7) is 3.79. The number of anilines is 2. The van der Waals surface area contributed by atoms with Gasteiger partial charge in [0.2, 0.25) is 0 Å². The number of rotatable bonds is 8. The normalized spacial score (nSPS) is 13.2. The summed E-state index contributed by atoms with van der Waals surface area (Å²) in [5, 5.41) is 2.57. The highest BCUT2D eigenvalue weighted by Crippen LogP contribution is 2.32. The number of sulfonamides is 1. The van der Waals surface area contributed by atoms with Gasteiger partial charge in [0.1, 0.15) is 18.9 Å². The van der Waals surface area contributed by atoms with Crippen LogP contribution >= 0.6 is 0 Å². The van der Waals surface area contributed by atoms with Gasteiger partial charge < -0.3 is 19.5 Å². The Morgan fingerprint density at radius 2 is 1.62 bits per heavy atom. The fraction of sp³-hybridized carbons (Fsp3) is 0.207. The van der Waals surface area contributed by atoms with Crippen LogP contribution in [0.1, 0.15) is 23.0 Å². The Bertz CT molecular complexity index is 1810. The molecule has 0 unspecified atom stereocenters. The lowest BCUT2D eigenvalue weighted by molar-refractivity contribution is -0.123. The summed E-state index contributed by atoms with van der Waals surface area (Å²) < 4.78 is 47.4. The molecule has 0 radical (unpaired) electrons. The molecule has 3 aromatic carbocycles. The molecule has 1 aliphatic rings. The van der Waals surface area contributed by atoms with Crippen LogP contribution in [0.25, 0.3) is 5.69 Å². The highest BCUT2D eigenvalue weighted by atomic mass is 32.2. The molecule has 0 aliphatic carbocycles. The minimum absolute atomic E-state index is 0.0146. The van der Waals surface area contributed by atoms with E-state index in [0.29, 0.717) is 36.1 Å². The zero-order valence-electron chi connectivity index (χ0n) is 23.0. The lowest BCUT2D eigenvalue weighted by Gasteiger charge is -2.19. The van der Waals surface area contributed by atoms with Gasteiger partial charge in [-0.1, -0.05) is 18.2 Å². The number of hydrogen-bond acceptors (Lipinski definition) is 8. The lowest BCUT2D eigenvalue weighted by atomic mass is 10.2. The number of esters is 1. The molecule has 12 nitrogen and oxygen atoms in total. The number of ether oxygens (including phenoxy) is 3. The second-order valence-electron chi connectivity index (χ2n) is 9.46. The third-order valence-corrected chi connectivity index (χ3v) is 8.03. The maximum absolute atomic E-state index is 13.1. The number of para-hydroxylation sites is 1. The molecule has 1 aromatic heterocycles. The van der Waals surface area contributed by atoms with Crippen LogP contribution in [-0.2, 0) is 26.6 Å². The molecule has 0 spiro atoms. The number of fused-ring (bicyclic) bond motifs is 1. The first-order valence-electron chi connectivity index (χ1n) is 12.9. The van der Waals surface area contributed by atoms with Crippen LogP contribution in [0, 0.1) is 6.92 Å². The predicted molar refractivity (Wildman–Crippen MR) is 154 cm³/mol. The molecular weight excluding hydrogens is 564 g/mol. The second kappa shape index (κ2) is 11.4. The van der Waals surface area contributed by atoms with Crippen molar-refractivity contribution >= 4 is 33.3 Å². The van der Waals surface area contributed by atoms with E-state index in [2.05, 4.69) is 10.0 Å². The molecule has 5 rings (SSSR count). The van der Waals surface area contributed by atoms with Gasteiger partial charge in [-0.05, 0) is 62.4 Å². The van der Waals surface area contributed by atoms with E-state index >= 15 is 0 Å². The van der Waals surface area contributed by atoms with Gasteiger partial charge in [-0.25, -0.2) is 17.9 Å². The van der Waals surface area contributed by atoms with E-state index in [4.69, 9.17) is 14.2 Å². The van der Waals surface area contributed by atoms with Crippen LogP contribution in [0.2, 0.25) is 0 Å². The van der Waals surface area contributed by atoms with Crippen molar-refractivity contribution in [1.82, 2.24) is 9.36 Å². The predicted octanol–water partition coefficient (Wildman–Crippen LogP) is 3.24. The van der Waals surface area contributed by atoms with Crippen molar-refractivity contribution < 1.29 is 32.2 Å². The van der Waals surface area contributed by atoms with Gasteiger partial charge in [-0.3, -0.25) is 19.0 Å². The van der Waals surface area contributed by atoms with Gasteiger partial charge in [0.05, 0.1) is 21.8 Å². The molecule has 0 fully saturated rings. The lowest BCUT2D eigenvalue weighted by Crippen LogP contribution is -2.32. The van der Waals surface area contributed by atoms with E-state index in [1.165, 1.54) is 54.1 Å². The van der Waals surface area contributed by atoms with Crippen LogP contribution < -0.4 is 25.1 Å². The monoisotopic (exact) mass is 592 g/mol. The van der Waals surface area contributed by atoms with Crippen molar-refractivity contribution in [3.63, 3.8) is 0 Å². The van der Waals surface area contributed by atoms with Crippen LogP contribution in [0.3, 0.4) is 0 Å². The molecule has 218 valence electrons. The van der Waals surface area contributed by atoms with Crippen LogP contribution in [0.4, 0.5) is 11.4 Å². The molecule has 0 bridgehead atoms. The molecule has 42 heavy (non-hydrogen) atoms. The fourth-order valence-electron chi connectivity index (χ4n) is 4.30. The first-order chi connectivity index (χ1) is 20.0. The number of amides is 1. The minimum atomic E-state index is -3.95. The Labute approximate surface area is 241 Å². The summed E-state index contributed by atoms with van der Waals surface area (Å²) in [6.07, 6.45) is -1.23. The van der Waals surface area contributed by atoms with Crippen molar-refractivity contribution in [2.24, 2.45) is 7.05 Å². The summed E-state index contributed by atoms with van der Waals surface area (Å²) in [4.78, 5) is 38.6. The molecule has 2 heterocycles. The molecule has 13 heteroatoms. The van der Waals surface area contributed by atoms with Crippen molar-refractivity contribution in [3.8, 4) is 17.2 Å². The Hall–Kier alpha value is -5.04. The summed E-state index contributed by atoms with van der Waals surface area (Å²) in [7, 11) is -2.25. The van der Waals surface area contributed by atoms with E-state index < -0.39 is 33.6 Å². The minimum Gasteiger partial charge on any atom is -0.486 e. The van der Waals surface area contributed by atoms with Crippen molar-refractivity contribution in [2.45, 2.75) is 24.8 Å². The maximum Gasteiger partial charge on any atom is 0.338 e. The quantitative estimate of drug-likeness (QED) is 0.297. The molecule has 0 saturated carbocycles. The van der Waals surface area contributed by atoms with E-state index in [-0.39, 0.29) is 21.8 Å². The van der Waals surface area contributed by atoms with Crippen LogP contribution in [0.15, 0.2) is 82.5 Å². The zero-order valence-corrected chi connectivity index (χ0v) is 23.8. The van der Waals surface area contributed by atoms with Crippen LogP contribution in [0.5, 0.6) is 11.5 Å². The van der Waals surface area contributed by atoms with E-state index in [1.807, 2.05) is 6.07 Å². The average molecular weight is 593 g/mol. The first kappa shape index (κ1) is 28.5. The summed E-state index contributed by atoms with van der Waals surface area (Å²) in [5.74, 6) is -0.678. The Morgan fingerprint density at radius 3 is 2.31 bits per heavy atom. The van der Waals surface area contributed by atoms with Crippen molar-refractivity contribution in [3.05, 3.63) is 94.4 Å². The smallest absolute Gasteiger partial charge is 0.338 e. The third kappa shape index (κ3) is 5.72. The fourth-order valence-corrected chi connectivity index (χ4v) is 5.37. The van der Waals surface area contributed by atoms with Crippen LogP contribution in [-0.4, -0.2) is 49.0 Å². The zero-order chi connectivity index (χ0) is 30.0. The SMILES string of the molecule is Cc1c(NC(=O)[C@@H](C)OC(=O)c2ccc(NS(=O)(=O)c3ccc4c(c3)OCCO4)cc2)c(=O)n(-c2ccccc2)n1C. The van der Waals surface area contributed by atoms with Gasteiger partial charge in [-0.2, -0.15) is 0 Å². The Balaban J connectivity index is 1.22. The highest BCUT2D eigenvalue weighted by Gasteiger charge is 2.24. The number of benzene rings is 3. The van der Waals surface area contributed by atoms with Gasteiger partial charge in [0.15, 0.2) is 17.6 Å². The third-order valence-electron chi connectivity index (χ3n) is 6.65. The van der Waals surface area contributed by atoms with Crippen molar-refractivity contribution in [1.29, 1.82) is 0 Å². The molecule has 1 amide bonds. The maximum atomic E-state index is 13.1. The van der Waals surface area contributed by atoms with Gasteiger partial charge in [-0.15, -0.1) is 0 Å². The number of carbonyl (C=O) groups is 2. The second-order valence-corrected chi connectivity index (χ2v) is 11.1. The molecule has 2 N–H and O–H groups in total. The number of nitrogens with one attached hydrogen (secondary N) is 2. The van der Waals surface area contributed by atoms with E-state index in [9.17, 15) is 22.8 Å². The van der Waals surface area contributed by atoms with Gasteiger partial charge >= 0.3 is 5.97 Å². The molecular formula is C29H28N4O8S. The number of nitrogens with zero attached hydrogens (tertiary/aromatic N) is 2. The topological polar surface area (TPSA) is 147 Å². The molecule has 0 saturated heterocycles. The molecule has 1 aliphatic heterocycles. The number of carbonyl (C=O) groups excluding carboxylic acids is 2. The summed E-state index contributed by atoms with van der Waals surface area (Å²) in [5.41, 5.74) is 1.10. The molecule has 4 aromatic rings. The number of aromatic nitrogens is 2. The average Bonchev–Trinajstić information content (AvgIpc) is 3.20. The molecule has 1 atom stereocenters. The highest BCUT2D eigenvalue weighted by molar-refractivity contribution is 7.92. The van der Waals surface area contributed by atoms with Gasteiger partial charge in [0, 0.05) is 18.8 Å². The Kier molecular flexibility index (Phi) is 7.77. The van der Waals surface area contributed by atoms with Crippen molar-refractivity contribution in [2.75, 3.05) is 23.3 Å². The number of hydrogen-bond donors (Lipinski definition) is 2.